The van der Waals surface area contributed by atoms with Crippen molar-refractivity contribution in [2.45, 2.75) is 6.92 Å². The Morgan fingerprint density at radius 3 is 2.23 bits per heavy atom. The van der Waals surface area contributed by atoms with E-state index in [4.69, 9.17) is 0 Å². The topological polar surface area (TPSA) is 54.9 Å². The Balaban J connectivity index is 1.78. The SMILES string of the molecule is Cc1ccccc1NC(=O)c1cnc(-c2ccccc2)nc1. The van der Waals surface area contributed by atoms with Crippen molar-refractivity contribution < 1.29 is 4.79 Å². The van der Waals surface area contributed by atoms with Gasteiger partial charge in [0, 0.05) is 23.6 Å². The molecule has 1 aromatic heterocycles. The van der Waals surface area contributed by atoms with E-state index in [2.05, 4.69) is 15.3 Å². The lowest BCUT2D eigenvalue weighted by atomic mass is 10.2. The summed E-state index contributed by atoms with van der Waals surface area (Å²) in [6.45, 7) is 1.95. The second-order valence-electron chi connectivity index (χ2n) is 4.93. The van der Waals surface area contributed by atoms with Crippen LogP contribution < -0.4 is 5.32 Å². The molecule has 0 saturated heterocycles. The monoisotopic (exact) mass is 289 g/mol. The smallest absolute Gasteiger partial charge is 0.258 e. The highest BCUT2D eigenvalue weighted by Crippen LogP contribution is 2.16. The maximum absolute atomic E-state index is 12.2. The molecule has 22 heavy (non-hydrogen) atoms. The molecule has 0 aliphatic rings. The van der Waals surface area contributed by atoms with Gasteiger partial charge in [-0.2, -0.15) is 0 Å². The number of aryl methyl sites for hydroxylation is 1. The molecule has 4 heteroatoms. The summed E-state index contributed by atoms with van der Waals surface area (Å²) in [5.41, 5.74) is 3.16. The van der Waals surface area contributed by atoms with E-state index in [9.17, 15) is 4.79 Å². The Hall–Kier alpha value is -3.01. The third-order valence-corrected chi connectivity index (χ3v) is 3.34. The first kappa shape index (κ1) is 13.9. The minimum atomic E-state index is -0.214. The summed E-state index contributed by atoms with van der Waals surface area (Å²) < 4.78 is 0. The quantitative estimate of drug-likeness (QED) is 0.799. The van der Waals surface area contributed by atoms with Crippen molar-refractivity contribution in [1.82, 2.24) is 9.97 Å². The first-order chi connectivity index (χ1) is 10.7. The van der Waals surface area contributed by atoms with Crippen LogP contribution in [0.3, 0.4) is 0 Å². The van der Waals surface area contributed by atoms with Gasteiger partial charge in [0.15, 0.2) is 5.82 Å². The number of hydrogen-bond acceptors (Lipinski definition) is 3. The summed E-state index contributed by atoms with van der Waals surface area (Å²) in [4.78, 5) is 20.7. The van der Waals surface area contributed by atoms with Crippen molar-refractivity contribution >= 4 is 11.6 Å². The Labute approximate surface area is 128 Å². The fraction of sp³-hybridized carbons (Fsp3) is 0.0556. The lowest BCUT2D eigenvalue weighted by Crippen LogP contribution is -2.13. The van der Waals surface area contributed by atoms with E-state index < -0.39 is 0 Å². The molecule has 0 unspecified atom stereocenters. The average Bonchev–Trinajstić information content (AvgIpc) is 2.58. The van der Waals surface area contributed by atoms with Crippen LogP contribution in [0.15, 0.2) is 67.0 Å². The molecule has 1 heterocycles. The van der Waals surface area contributed by atoms with Crippen molar-refractivity contribution in [3.05, 3.63) is 78.1 Å². The number of aromatic nitrogens is 2. The molecule has 0 fully saturated rings. The zero-order valence-corrected chi connectivity index (χ0v) is 12.2. The molecule has 2 aromatic carbocycles. The lowest BCUT2D eigenvalue weighted by Gasteiger charge is -2.08. The van der Waals surface area contributed by atoms with E-state index in [0.29, 0.717) is 11.4 Å². The molecule has 0 aliphatic heterocycles. The second-order valence-corrected chi connectivity index (χ2v) is 4.93. The molecule has 0 atom stereocenters. The molecular weight excluding hydrogens is 274 g/mol. The molecular formula is C18H15N3O. The van der Waals surface area contributed by atoms with Crippen molar-refractivity contribution in [2.24, 2.45) is 0 Å². The number of nitrogens with zero attached hydrogens (tertiary/aromatic N) is 2. The van der Waals surface area contributed by atoms with Gasteiger partial charge >= 0.3 is 0 Å². The molecule has 3 rings (SSSR count). The lowest BCUT2D eigenvalue weighted by molar-refractivity contribution is 0.102. The normalized spacial score (nSPS) is 10.2. The minimum absolute atomic E-state index is 0.214. The summed E-state index contributed by atoms with van der Waals surface area (Å²) >= 11 is 0. The first-order valence-electron chi connectivity index (χ1n) is 6.98. The van der Waals surface area contributed by atoms with Gasteiger partial charge in [0.05, 0.1) is 5.56 Å². The van der Waals surface area contributed by atoms with Crippen molar-refractivity contribution in [2.75, 3.05) is 5.32 Å². The maximum Gasteiger partial charge on any atom is 0.258 e. The number of nitrogens with one attached hydrogen (secondary N) is 1. The molecule has 1 N–H and O–H groups in total. The van der Waals surface area contributed by atoms with E-state index in [1.54, 1.807) is 12.4 Å². The molecule has 4 nitrogen and oxygen atoms in total. The summed E-state index contributed by atoms with van der Waals surface area (Å²) in [6.07, 6.45) is 3.09. The molecule has 108 valence electrons. The van der Waals surface area contributed by atoms with Gasteiger partial charge < -0.3 is 5.32 Å². The predicted octanol–water partition coefficient (Wildman–Crippen LogP) is 3.70. The number of carbonyl (C=O) groups excluding carboxylic acids is 1. The van der Waals surface area contributed by atoms with E-state index in [1.807, 2.05) is 61.5 Å². The van der Waals surface area contributed by atoms with E-state index in [1.165, 1.54) is 0 Å². The number of rotatable bonds is 3. The van der Waals surface area contributed by atoms with Gasteiger partial charge in [-0.25, -0.2) is 9.97 Å². The van der Waals surface area contributed by atoms with Gasteiger partial charge in [-0.3, -0.25) is 4.79 Å². The van der Waals surface area contributed by atoms with Gasteiger partial charge in [0.25, 0.3) is 5.91 Å². The number of para-hydroxylation sites is 1. The highest BCUT2D eigenvalue weighted by atomic mass is 16.1. The van der Waals surface area contributed by atoms with Crippen LogP contribution in [0.25, 0.3) is 11.4 Å². The summed E-state index contributed by atoms with van der Waals surface area (Å²) in [5, 5.41) is 2.87. The number of amides is 1. The fourth-order valence-electron chi connectivity index (χ4n) is 2.09. The number of benzene rings is 2. The average molecular weight is 289 g/mol. The predicted molar refractivity (Wildman–Crippen MR) is 86.6 cm³/mol. The van der Waals surface area contributed by atoms with Crippen molar-refractivity contribution in [3.8, 4) is 11.4 Å². The summed E-state index contributed by atoms with van der Waals surface area (Å²) in [5.74, 6) is 0.391. The summed E-state index contributed by atoms with van der Waals surface area (Å²) in [6, 6.07) is 17.3. The van der Waals surface area contributed by atoms with Gasteiger partial charge in [-0.1, -0.05) is 48.5 Å². The molecule has 0 saturated carbocycles. The van der Waals surface area contributed by atoms with Gasteiger partial charge in [0.1, 0.15) is 0 Å². The van der Waals surface area contributed by atoms with E-state index >= 15 is 0 Å². The molecule has 0 aliphatic carbocycles. The Bertz CT molecular complexity index is 783. The Morgan fingerprint density at radius 1 is 0.909 bits per heavy atom. The van der Waals surface area contributed by atoms with E-state index in [-0.39, 0.29) is 5.91 Å². The number of carbonyl (C=O) groups is 1. The Kier molecular flexibility index (Phi) is 3.92. The standard InChI is InChI=1S/C18H15N3O/c1-13-7-5-6-10-16(13)21-18(22)15-11-19-17(20-12-15)14-8-3-2-4-9-14/h2-12H,1H3,(H,21,22). The Morgan fingerprint density at radius 2 is 1.55 bits per heavy atom. The highest BCUT2D eigenvalue weighted by Gasteiger charge is 2.09. The van der Waals surface area contributed by atoms with Crippen LogP contribution in [0, 0.1) is 6.92 Å². The maximum atomic E-state index is 12.2. The van der Waals surface area contributed by atoms with Crippen molar-refractivity contribution in [1.29, 1.82) is 0 Å². The summed E-state index contributed by atoms with van der Waals surface area (Å²) in [7, 11) is 0. The van der Waals surface area contributed by atoms with Crippen molar-refractivity contribution in [3.63, 3.8) is 0 Å². The van der Waals surface area contributed by atoms with Crippen LogP contribution in [0.5, 0.6) is 0 Å². The molecule has 0 spiro atoms. The third-order valence-electron chi connectivity index (χ3n) is 3.34. The zero-order valence-electron chi connectivity index (χ0n) is 12.2. The first-order valence-corrected chi connectivity index (χ1v) is 6.98. The number of hydrogen-bond donors (Lipinski definition) is 1. The van der Waals surface area contributed by atoms with Crippen LogP contribution >= 0.6 is 0 Å². The largest absolute Gasteiger partial charge is 0.322 e. The van der Waals surface area contributed by atoms with Crippen LogP contribution in [-0.4, -0.2) is 15.9 Å². The van der Waals surface area contributed by atoms with Crippen LogP contribution in [0.4, 0.5) is 5.69 Å². The molecule has 0 bridgehead atoms. The van der Waals surface area contributed by atoms with Gasteiger partial charge in [0.2, 0.25) is 0 Å². The van der Waals surface area contributed by atoms with Crippen LogP contribution in [0.2, 0.25) is 0 Å². The van der Waals surface area contributed by atoms with Crippen LogP contribution in [0.1, 0.15) is 15.9 Å². The number of anilines is 1. The molecule has 1 amide bonds. The van der Waals surface area contributed by atoms with Crippen LogP contribution in [-0.2, 0) is 0 Å². The van der Waals surface area contributed by atoms with E-state index in [0.717, 1.165) is 16.8 Å². The second kappa shape index (κ2) is 6.18. The minimum Gasteiger partial charge on any atom is -0.322 e. The van der Waals surface area contributed by atoms with Gasteiger partial charge in [-0.15, -0.1) is 0 Å². The third kappa shape index (κ3) is 3.01. The highest BCUT2D eigenvalue weighted by molar-refractivity contribution is 6.04. The van der Waals surface area contributed by atoms with Gasteiger partial charge in [-0.05, 0) is 18.6 Å². The fourth-order valence-corrected chi connectivity index (χ4v) is 2.09. The molecule has 0 radical (unpaired) electrons. The zero-order chi connectivity index (χ0) is 15.4. The molecule has 3 aromatic rings.